The third kappa shape index (κ3) is 3.88. The van der Waals surface area contributed by atoms with E-state index in [0.29, 0.717) is 6.61 Å². The first kappa shape index (κ1) is 13.8. The van der Waals surface area contributed by atoms with Crippen LogP contribution >= 0.6 is 0 Å². The van der Waals surface area contributed by atoms with E-state index >= 15 is 0 Å². The van der Waals surface area contributed by atoms with Crippen LogP contribution in [0.3, 0.4) is 0 Å². The molecule has 0 aliphatic rings. The fourth-order valence-corrected chi connectivity index (χ4v) is 1.44. The third-order valence-corrected chi connectivity index (χ3v) is 2.64. The van der Waals surface area contributed by atoms with Gasteiger partial charge in [-0.05, 0) is 24.8 Å². The van der Waals surface area contributed by atoms with Crippen molar-refractivity contribution in [3.63, 3.8) is 0 Å². The van der Waals surface area contributed by atoms with Crippen molar-refractivity contribution in [2.45, 2.75) is 40.0 Å². The largest absolute Gasteiger partial charge is 0.464 e. The van der Waals surface area contributed by atoms with E-state index in [2.05, 4.69) is 20.8 Å². The van der Waals surface area contributed by atoms with Gasteiger partial charge in [-0.25, -0.2) is 0 Å². The zero-order valence-electron chi connectivity index (χ0n) is 11.4. The fraction of sp³-hybridized carbons (Fsp3) is 0.533. The summed E-state index contributed by atoms with van der Waals surface area (Å²) in [6.07, 6.45) is 0. The summed E-state index contributed by atoms with van der Waals surface area (Å²) in [7, 11) is 0. The van der Waals surface area contributed by atoms with Crippen molar-refractivity contribution in [3.05, 3.63) is 35.9 Å². The van der Waals surface area contributed by atoms with Crippen LogP contribution in [0, 0.1) is 5.41 Å². The fourth-order valence-electron chi connectivity index (χ4n) is 1.44. The van der Waals surface area contributed by atoms with Crippen molar-refractivity contribution in [3.8, 4) is 0 Å². The predicted molar refractivity (Wildman–Crippen MR) is 69.9 cm³/mol. The molecule has 0 N–H and O–H groups in total. The summed E-state index contributed by atoms with van der Waals surface area (Å²) in [5, 5.41) is 0. The van der Waals surface area contributed by atoms with E-state index in [1.165, 1.54) is 0 Å². The molecule has 0 spiro atoms. The molecule has 1 rings (SSSR count). The van der Waals surface area contributed by atoms with Crippen LogP contribution in [0.15, 0.2) is 30.3 Å². The highest BCUT2D eigenvalue weighted by atomic mass is 16.5. The maximum absolute atomic E-state index is 12.1. The Balaban J connectivity index is 2.74. The summed E-state index contributed by atoms with van der Waals surface area (Å²) in [5.41, 5.74) is 0.397. The van der Waals surface area contributed by atoms with E-state index in [4.69, 9.17) is 4.74 Å². The van der Waals surface area contributed by atoms with Crippen LogP contribution in [-0.4, -0.2) is 12.6 Å². The Morgan fingerprint density at radius 2 is 1.59 bits per heavy atom. The van der Waals surface area contributed by atoms with E-state index in [1.54, 1.807) is 0 Å². The Morgan fingerprint density at radius 3 is 2.06 bits per heavy atom. The average molecular weight is 234 g/mol. The number of carbonyl (C=O) groups is 1. The molecule has 0 amide bonds. The lowest BCUT2D eigenvalue weighted by Crippen LogP contribution is -2.33. The van der Waals surface area contributed by atoms with Crippen LogP contribution in [0.25, 0.3) is 0 Å². The monoisotopic (exact) mass is 234 g/mol. The van der Waals surface area contributed by atoms with Gasteiger partial charge in [-0.15, -0.1) is 0 Å². The smallest absolute Gasteiger partial charge is 0.316 e. The molecule has 0 heterocycles. The molecule has 0 aliphatic heterocycles. The molecule has 2 nitrogen and oxygen atoms in total. The summed E-state index contributed by atoms with van der Waals surface area (Å²) in [4.78, 5) is 12.1. The van der Waals surface area contributed by atoms with E-state index in [9.17, 15) is 4.79 Å². The van der Waals surface area contributed by atoms with Crippen molar-refractivity contribution in [2.75, 3.05) is 6.61 Å². The standard InChI is InChI=1S/C15H22O2/c1-14(2,3)11-17-13(16)15(4,5)12-9-7-6-8-10-12/h6-10H,11H2,1-5H3. The molecule has 94 valence electrons. The SMILES string of the molecule is CC(C)(C)COC(=O)C(C)(C)c1ccccc1. The van der Waals surface area contributed by atoms with Crippen LogP contribution in [0.4, 0.5) is 0 Å². The Morgan fingerprint density at radius 1 is 1.06 bits per heavy atom. The Hall–Kier alpha value is -1.31. The lowest BCUT2D eigenvalue weighted by Gasteiger charge is -2.26. The molecule has 0 unspecified atom stereocenters. The van der Waals surface area contributed by atoms with Crippen LogP contribution in [0.1, 0.15) is 40.2 Å². The van der Waals surface area contributed by atoms with Crippen LogP contribution < -0.4 is 0 Å². The Bertz CT molecular complexity index is 372. The maximum Gasteiger partial charge on any atom is 0.316 e. The van der Waals surface area contributed by atoms with Gasteiger partial charge in [0.05, 0.1) is 12.0 Å². The minimum atomic E-state index is -0.591. The molecule has 0 saturated heterocycles. The first-order chi connectivity index (χ1) is 7.73. The topological polar surface area (TPSA) is 26.3 Å². The normalized spacial score (nSPS) is 12.3. The molecule has 0 saturated carbocycles. The van der Waals surface area contributed by atoms with Crippen molar-refractivity contribution >= 4 is 5.97 Å². The summed E-state index contributed by atoms with van der Waals surface area (Å²) in [5.74, 6) is -0.168. The molecular weight excluding hydrogens is 212 g/mol. The van der Waals surface area contributed by atoms with Gasteiger partial charge in [0.15, 0.2) is 0 Å². The van der Waals surface area contributed by atoms with Gasteiger partial charge in [0.2, 0.25) is 0 Å². The highest BCUT2D eigenvalue weighted by Gasteiger charge is 2.32. The first-order valence-electron chi connectivity index (χ1n) is 5.96. The van der Waals surface area contributed by atoms with Gasteiger partial charge < -0.3 is 4.74 Å². The molecule has 0 aromatic heterocycles. The van der Waals surface area contributed by atoms with E-state index in [0.717, 1.165) is 5.56 Å². The zero-order valence-corrected chi connectivity index (χ0v) is 11.4. The summed E-state index contributed by atoms with van der Waals surface area (Å²) >= 11 is 0. The molecule has 2 heteroatoms. The third-order valence-electron chi connectivity index (χ3n) is 2.64. The van der Waals surface area contributed by atoms with Gasteiger partial charge in [-0.1, -0.05) is 51.1 Å². The number of carbonyl (C=O) groups excluding carboxylic acids is 1. The second-order valence-electron chi connectivity index (χ2n) is 6.13. The van der Waals surface area contributed by atoms with E-state index in [1.807, 2.05) is 44.2 Å². The van der Waals surface area contributed by atoms with Gasteiger partial charge in [0.25, 0.3) is 0 Å². The number of rotatable bonds is 3. The van der Waals surface area contributed by atoms with Crippen molar-refractivity contribution in [2.24, 2.45) is 5.41 Å². The highest BCUT2D eigenvalue weighted by molar-refractivity contribution is 5.82. The highest BCUT2D eigenvalue weighted by Crippen LogP contribution is 2.25. The Kier molecular flexibility index (Phi) is 3.97. The van der Waals surface area contributed by atoms with Gasteiger partial charge in [0, 0.05) is 0 Å². The lowest BCUT2D eigenvalue weighted by atomic mass is 9.85. The van der Waals surface area contributed by atoms with Crippen LogP contribution in [0.5, 0.6) is 0 Å². The molecule has 0 atom stereocenters. The quantitative estimate of drug-likeness (QED) is 0.748. The van der Waals surface area contributed by atoms with Gasteiger partial charge in [-0.3, -0.25) is 4.79 Å². The molecule has 0 bridgehead atoms. The second kappa shape index (κ2) is 4.91. The van der Waals surface area contributed by atoms with E-state index < -0.39 is 5.41 Å². The number of hydrogen-bond donors (Lipinski definition) is 0. The Labute approximate surface area is 104 Å². The average Bonchev–Trinajstić information content (AvgIpc) is 2.26. The second-order valence-corrected chi connectivity index (χ2v) is 6.13. The molecule has 17 heavy (non-hydrogen) atoms. The first-order valence-corrected chi connectivity index (χ1v) is 5.96. The van der Waals surface area contributed by atoms with Gasteiger partial charge >= 0.3 is 5.97 Å². The molecule has 0 aliphatic carbocycles. The zero-order chi connectivity index (χ0) is 13.1. The summed E-state index contributed by atoms with van der Waals surface area (Å²) in [6.45, 7) is 10.4. The van der Waals surface area contributed by atoms with Crippen molar-refractivity contribution in [1.29, 1.82) is 0 Å². The number of benzene rings is 1. The van der Waals surface area contributed by atoms with Crippen LogP contribution in [-0.2, 0) is 14.9 Å². The maximum atomic E-state index is 12.1. The molecule has 1 aromatic carbocycles. The number of hydrogen-bond acceptors (Lipinski definition) is 2. The number of esters is 1. The van der Waals surface area contributed by atoms with E-state index in [-0.39, 0.29) is 11.4 Å². The van der Waals surface area contributed by atoms with Crippen molar-refractivity contribution < 1.29 is 9.53 Å². The van der Waals surface area contributed by atoms with Gasteiger partial charge in [0.1, 0.15) is 0 Å². The minimum Gasteiger partial charge on any atom is -0.464 e. The molecular formula is C15H22O2. The number of ether oxygens (including phenoxy) is 1. The minimum absolute atomic E-state index is 0.00241. The van der Waals surface area contributed by atoms with Crippen LogP contribution in [0.2, 0.25) is 0 Å². The lowest BCUT2D eigenvalue weighted by molar-refractivity contribution is -0.152. The summed E-state index contributed by atoms with van der Waals surface area (Å²) in [6, 6.07) is 9.74. The van der Waals surface area contributed by atoms with Gasteiger partial charge in [-0.2, -0.15) is 0 Å². The molecule has 1 aromatic rings. The van der Waals surface area contributed by atoms with Crippen molar-refractivity contribution in [1.82, 2.24) is 0 Å². The molecule has 0 fully saturated rings. The molecule has 0 radical (unpaired) electrons. The predicted octanol–water partition coefficient (Wildman–Crippen LogP) is 3.55. The summed E-state index contributed by atoms with van der Waals surface area (Å²) < 4.78 is 5.39.